The standard InChI is InChI=1S/C15H12N4O/c16-8-10-4-5-13-14(6-10)19(9-15(20)18-13)12-3-1-2-11(17)7-12/h1-7H,9,17H2,(H,18,20). The summed E-state index contributed by atoms with van der Waals surface area (Å²) in [6, 6.07) is 14.6. The van der Waals surface area contributed by atoms with Crippen molar-refractivity contribution in [2.75, 3.05) is 22.5 Å². The maximum Gasteiger partial charge on any atom is 0.244 e. The van der Waals surface area contributed by atoms with Crippen LogP contribution in [0, 0.1) is 11.3 Å². The average molecular weight is 264 g/mol. The van der Waals surface area contributed by atoms with E-state index in [0.717, 1.165) is 11.4 Å². The Bertz CT molecular complexity index is 733. The van der Waals surface area contributed by atoms with Crippen molar-refractivity contribution in [3.8, 4) is 6.07 Å². The highest BCUT2D eigenvalue weighted by Gasteiger charge is 2.23. The molecule has 0 radical (unpaired) electrons. The molecule has 0 fully saturated rings. The summed E-state index contributed by atoms with van der Waals surface area (Å²) in [5.41, 5.74) is 9.30. The van der Waals surface area contributed by atoms with E-state index in [1.54, 1.807) is 30.3 Å². The molecule has 5 heteroatoms. The minimum absolute atomic E-state index is 0.0929. The average Bonchev–Trinajstić information content (AvgIpc) is 2.46. The minimum Gasteiger partial charge on any atom is -0.399 e. The largest absolute Gasteiger partial charge is 0.399 e. The Balaban J connectivity index is 2.14. The highest BCUT2D eigenvalue weighted by molar-refractivity contribution is 6.03. The number of carbonyl (C=O) groups is 1. The van der Waals surface area contributed by atoms with Gasteiger partial charge in [-0.05, 0) is 36.4 Å². The molecule has 1 heterocycles. The lowest BCUT2D eigenvalue weighted by atomic mass is 10.1. The van der Waals surface area contributed by atoms with Crippen LogP contribution in [0.4, 0.5) is 22.7 Å². The molecular weight excluding hydrogens is 252 g/mol. The van der Waals surface area contributed by atoms with Crippen LogP contribution in [0.2, 0.25) is 0 Å². The van der Waals surface area contributed by atoms with E-state index >= 15 is 0 Å². The Morgan fingerprint density at radius 1 is 1.25 bits per heavy atom. The van der Waals surface area contributed by atoms with Crippen LogP contribution in [0.1, 0.15) is 5.56 Å². The molecule has 1 aliphatic rings. The topological polar surface area (TPSA) is 82.2 Å². The third kappa shape index (κ3) is 2.04. The second-order valence-electron chi connectivity index (χ2n) is 4.57. The molecule has 0 bridgehead atoms. The van der Waals surface area contributed by atoms with Gasteiger partial charge in [-0.3, -0.25) is 4.79 Å². The smallest absolute Gasteiger partial charge is 0.244 e. The van der Waals surface area contributed by atoms with Crippen LogP contribution in [0.3, 0.4) is 0 Å². The number of carbonyl (C=O) groups excluding carboxylic acids is 1. The summed E-state index contributed by atoms with van der Waals surface area (Å²) in [7, 11) is 0. The van der Waals surface area contributed by atoms with E-state index < -0.39 is 0 Å². The first kappa shape index (κ1) is 12.1. The summed E-state index contributed by atoms with van der Waals surface area (Å²) < 4.78 is 0. The lowest BCUT2D eigenvalue weighted by Gasteiger charge is -2.31. The predicted octanol–water partition coefficient (Wildman–Crippen LogP) is 2.23. The number of amides is 1. The second-order valence-corrected chi connectivity index (χ2v) is 4.57. The number of hydrogen-bond acceptors (Lipinski definition) is 4. The first-order valence-corrected chi connectivity index (χ1v) is 6.14. The van der Waals surface area contributed by atoms with E-state index in [4.69, 9.17) is 11.0 Å². The van der Waals surface area contributed by atoms with Crippen molar-refractivity contribution in [2.24, 2.45) is 0 Å². The highest BCUT2D eigenvalue weighted by atomic mass is 16.2. The maximum atomic E-state index is 11.8. The van der Waals surface area contributed by atoms with Gasteiger partial charge in [-0.25, -0.2) is 0 Å². The van der Waals surface area contributed by atoms with Gasteiger partial charge < -0.3 is 16.0 Å². The van der Waals surface area contributed by atoms with Gasteiger partial charge >= 0.3 is 0 Å². The monoisotopic (exact) mass is 264 g/mol. The van der Waals surface area contributed by atoms with Gasteiger partial charge in [-0.2, -0.15) is 5.26 Å². The summed E-state index contributed by atoms with van der Waals surface area (Å²) in [5.74, 6) is -0.0929. The minimum atomic E-state index is -0.0929. The molecule has 0 atom stereocenters. The first-order valence-electron chi connectivity index (χ1n) is 6.14. The van der Waals surface area contributed by atoms with Crippen molar-refractivity contribution in [1.29, 1.82) is 5.26 Å². The SMILES string of the molecule is N#Cc1ccc2c(c1)N(c1cccc(N)c1)CC(=O)N2. The van der Waals surface area contributed by atoms with Crippen molar-refractivity contribution in [1.82, 2.24) is 0 Å². The Hall–Kier alpha value is -3.00. The van der Waals surface area contributed by atoms with Crippen LogP contribution in [0.15, 0.2) is 42.5 Å². The summed E-state index contributed by atoms with van der Waals surface area (Å²) in [6.45, 7) is 0.200. The van der Waals surface area contributed by atoms with Gasteiger partial charge in [0.15, 0.2) is 0 Å². The number of nitrogens with one attached hydrogen (secondary N) is 1. The molecule has 1 amide bonds. The predicted molar refractivity (Wildman–Crippen MR) is 77.6 cm³/mol. The molecule has 98 valence electrons. The number of nitrogen functional groups attached to an aromatic ring is 1. The molecule has 20 heavy (non-hydrogen) atoms. The van der Waals surface area contributed by atoms with E-state index in [9.17, 15) is 4.79 Å². The molecule has 2 aromatic carbocycles. The summed E-state index contributed by atoms with van der Waals surface area (Å²) in [4.78, 5) is 13.7. The fourth-order valence-electron chi connectivity index (χ4n) is 2.27. The summed E-state index contributed by atoms with van der Waals surface area (Å²) >= 11 is 0. The normalized spacial score (nSPS) is 13.3. The molecular formula is C15H12N4O. The number of hydrogen-bond donors (Lipinski definition) is 2. The molecule has 1 aliphatic heterocycles. The number of benzene rings is 2. The zero-order valence-corrected chi connectivity index (χ0v) is 10.6. The van der Waals surface area contributed by atoms with Crippen LogP contribution in [-0.2, 0) is 4.79 Å². The van der Waals surface area contributed by atoms with Crippen LogP contribution < -0.4 is 16.0 Å². The molecule has 3 N–H and O–H groups in total. The van der Waals surface area contributed by atoms with E-state index in [0.29, 0.717) is 16.9 Å². The van der Waals surface area contributed by atoms with Gasteiger partial charge in [-0.15, -0.1) is 0 Å². The summed E-state index contributed by atoms with van der Waals surface area (Å²) in [5, 5.41) is 11.8. The fraction of sp³-hybridized carbons (Fsp3) is 0.0667. The number of rotatable bonds is 1. The zero-order chi connectivity index (χ0) is 14.1. The molecule has 5 nitrogen and oxygen atoms in total. The van der Waals surface area contributed by atoms with Crippen molar-refractivity contribution in [2.45, 2.75) is 0 Å². The fourth-order valence-corrected chi connectivity index (χ4v) is 2.27. The number of nitrogens with two attached hydrogens (primary N) is 1. The van der Waals surface area contributed by atoms with Crippen LogP contribution >= 0.6 is 0 Å². The Labute approximate surface area is 116 Å². The zero-order valence-electron chi connectivity index (χ0n) is 10.6. The highest BCUT2D eigenvalue weighted by Crippen LogP contribution is 2.36. The molecule has 3 rings (SSSR count). The molecule has 0 saturated heterocycles. The second kappa shape index (κ2) is 4.59. The van der Waals surface area contributed by atoms with Crippen molar-refractivity contribution < 1.29 is 4.79 Å². The van der Waals surface area contributed by atoms with E-state index in [2.05, 4.69) is 11.4 Å². The first-order chi connectivity index (χ1) is 9.67. The third-order valence-electron chi connectivity index (χ3n) is 3.18. The van der Waals surface area contributed by atoms with Gasteiger partial charge in [0.05, 0.1) is 23.0 Å². The number of nitrogens with zero attached hydrogens (tertiary/aromatic N) is 2. The third-order valence-corrected chi connectivity index (χ3v) is 3.18. The van der Waals surface area contributed by atoms with Crippen LogP contribution in [0.25, 0.3) is 0 Å². The van der Waals surface area contributed by atoms with Crippen molar-refractivity contribution >= 4 is 28.7 Å². The van der Waals surface area contributed by atoms with Crippen LogP contribution in [0.5, 0.6) is 0 Å². The lowest BCUT2D eigenvalue weighted by Crippen LogP contribution is -2.35. The number of fused-ring (bicyclic) bond motifs is 1. The number of anilines is 4. The van der Waals surface area contributed by atoms with Gasteiger partial charge in [0, 0.05) is 11.4 Å². The van der Waals surface area contributed by atoms with Gasteiger partial charge in [0.25, 0.3) is 0 Å². The Morgan fingerprint density at radius 2 is 2.10 bits per heavy atom. The molecule has 0 aromatic heterocycles. The Kier molecular flexibility index (Phi) is 2.77. The van der Waals surface area contributed by atoms with E-state index in [1.165, 1.54) is 0 Å². The quantitative estimate of drug-likeness (QED) is 0.774. The molecule has 2 aromatic rings. The van der Waals surface area contributed by atoms with Gasteiger partial charge in [0.1, 0.15) is 6.54 Å². The lowest BCUT2D eigenvalue weighted by molar-refractivity contribution is -0.115. The molecule has 0 unspecified atom stereocenters. The van der Waals surface area contributed by atoms with Gasteiger partial charge in [-0.1, -0.05) is 6.07 Å². The van der Waals surface area contributed by atoms with E-state index in [-0.39, 0.29) is 12.5 Å². The summed E-state index contributed by atoms with van der Waals surface area (Å²) in [6.07, 6.45) is 0. The molecule has 0 aliphatic carbocycles. The Morgan fingerprint density at radius 3 is 2.85 bits per heavy atom. The van der Waals surface area contributed by atoms with Gasteiger partial charge in [0.2, 0.25) is 5.91 Å². The number of nitriles is 1. The van der Waals surface area contributed by atoms with Crippen molar-refractivity contribution in [3.63, 3.8) is 0 Å². The molecule has 0 saturated carbocycles. The van der Waals surface area contributed by atoms with Crippen molar-refractivity contribution in [3.05, 3.63) is 48.0 Å². The maximum absolute atomic E-state index is 11.8. The van der Waals surface area contributed by atoms with Crippen LogP contribution in [-0.4, -0.2) is 12.5 Å². The molecule has 0 spiro atoms. The van der Waals surface area contributed by atoms with E-state index in [1.807, 2.05) is 17.0 Å².